The van der Waals surface area contributed by atoms with Crippen molar-refractivity contribution in [3.63, 3.8) is 0 Å². The van der Waals surface area contributed by atoms with Gasteiger partial charge in [0.05, 0.1) is 20.8 Å². The molecule has 384 valence electrons. The minimum absolute atomic E-state index is 0.157. The van der Waals surface area contributed by atoms with Crippen LogP contribution in [0, 0.1) is 0 Å². The van der Waals surface area contributed by atoms with Gasteiger partial charge in [0.1, 0.15) is 23.2 Å². The first-order valence-electron chi connectivity index (χ1n) is 26.5. The number of Topliss-reactive ketones (excluding diaryl/α,β-unsaturated/α-hetero) is 2. The molecule has 1 aliphatic heterocycles. The van der Waals surface area contributed by atoms with Crippen LogP contribution in [0.3, 0.4) is 0 Å². The highest BCUT2D eigenvalue weighted by Crippen LogP contribution is 2.50. The molecule has 0 bridgehead atoms. The van der Waals surface area contributed by atoms with Crippen molar-refractivity contribution in [3.8, 4) is 11.5 Å². The van der Waals surface area contributed by atoms with Crippen LogP contribution >= 0.6 is 0 Å². The highest BCUT2D eigenvalue weighted by molar-refractivity contribution is 6.00. The lowest BCUT2D eigenvalue weighted by Gasteiger charge is -2.40. The second-order valence-electron chi connectivity index (χ2n) is 19.3. The SMILES string of the molecule is CCCCCCCCCCCCCC(=O)[C@@]1(O)[C@@H](COC(c2ccccc2)(c2ccc(OC)cc2)c2ccc(OC)cc2)O[C@@H](n2ccc(=O)[nH]c2=O)[C@@]1(O)C(=O)CCCCCCCCCCCCC. The van der Waals surface area contributed by atoms with Gasteiger partial charge in [-0.05, 0) is 53.8 Å². The lowest BCUT2D eigenvalue weighted by molar-refractivity contribution is -0.186. The van der Waals surface area contributed by atoms with Gasteiger partial charge < -0.3 is 29.2 Å². The molecule has 1 aromatic heterocycles. The van der Waals surface area contributed by atoms with Crippen LogP contribution in [0.25, 0.3) is 0 Å². The minimum atomic E-state index is -2.95. The van der Waals surface area contributed by atoms with Crippen molar-refractivity contribution in [1.82, 2.24) is 9.55 Å². The number of ketones is 2. The van der Waals surface area contributed by atoms with E-state index in [1.54, 1.807) is 14.2 Å². The number of methoxy groups -OCH3 is 2. The maximum absolute atomic E-state index is 15.0. The number of H-pyrrole nitrogens is 1. The average Bonchev–Trinajstić information content (AvgIpc) is 3.61. The zero-order valence-corrected chi connectivity index (χ0v) is 42.6. The first kappa shape index (κ1) is 56.0. The number of aliphatic hydroxyl groups is 2. The highest BCUT2D eigenvalue weighted by Gasteiger charge is 2.73. The number of carbonyl (C=O) groups is 2. The summed E-state index contributed by atoms with van der Waals surface area (Å²) in [5, 5.41) is 26.5. The molecular formula is C58H82N2O10. The summed E-state index contributed by atoms with van der Waals surface area (Å²) in [4.78, 5) is 58.2. The van der Waals surface area contributed by atoms with Crippen LogP contribution in [0.1, 0.15) is 191 Å². The van der Waals surface area contributed by atoms with Crippen LogP contribution in [-0.4, -0.2) is 69.5 Å². The fraction of sp³-hybridized carbons (Fsp3) is 0.586. The number of hydrogen-bond donors (Lipinski definition) is 3. The van der Waals surface area contributed by atoms with E-state index in [9.17, 15) is 24.6 Å². The van der Waals surface area contributed by atoms with Gasteiger partial charge in [-0.3, -0.25) is 23.9 Å². The average molecular weight is 967 g/mol. The third-order valence-electron chi connectivity index (χ3n) is 14.3. The van der Waals surface area contributed by atoms with Gasteiger partial charge >= 0.3 is 5.69 Å². The van der Waals surface area contributed by atoms with Crippen LogP contribution in [0.4, 0.5) is 0 Å². The van der Waals surface area contributed by atoms with Crippen LogP contribution in [0.2, 0.25) is 0 Å². The highest BCUT2D eigenvalue weighted by atomic mass is 16.6. The smallest absolute Gasteiger partial charge is 0.330 e. The Labute approximate surface area is 416 Å². The van der Waals surface area contributed by atoms with Crippen LogP contribution in [-0.2, 0) is 24.7 Å². The summed E-state index contributed by atoms with van der Waals surface area (Å²) < 4.78 is 25.7. The number of nitrogens with one attached hydrogen (secondary N) is 1. The number of benzene rings is 3. The molecule has 2 heterocycles. The zero-order valence-electron chi connectivity index (χ0n) is 42.6. The Morgan fingerprint density at radius 3 is 1.39 bits per heavy atom. The number of aromatic nitrogens is 2. The number of aromatic amines is 1. The Bertz CT molecular complexity index is 2210. The van der Waals surface area contributed by atoms with Gasteiger partial charge in [0.25, 0.3) is 5.56 Å². The fourth-order valence-electron chi connectivity index (χ4n) is 10.1. The monoisotopic (exact) mass is 967 g/mol. The van der Waals surface area contributed by atoms with Crippen LogP contribution < -0.4 is 20.7 Å². The molecule has 0 radical (unpaired) electrons. The Morgan fingerprint density at radius 2 is 0.971 bits per heavy atom. The zero-order chi connectivity index (χ0) is 50.2. The third-order valence-corrected chi connectivity index (χ3v) is 14.3. The van der Waals surface area contributed by atoms with Crippen molar-refractivity contribution in [3.05, 3.63) is 129 Å². The van der Waals surface area contributed by atoms with E-state index in [0.717, 1.165) is 61.8 Å². The summed E-state index contributed by atoms with van der Waals surface area (Å²) in [5.41, 5.74) is -6.94. The predicted molar refractivity (Wildman–Crippen MR) is 276 cm³/mol. The van der Waals surface area contributed by atoms with Crippen molar-refractivity contribution in [2.24, 2.45) is 0 Å². The second kappa shape index (κ2) is 28.8. The van der Waals surface area contributed by atoms with Gasteiger partial charge in [0.2, 0.25) is 5.60 Å². The van der Waals surface area contributed by atoms with Gasteiger partial charge in [-0.15, -0.1) is 0 Å². The van der Waals surface area contributed by atoms with Gasteiger partial charge in [-0.1, -0.05) is 197 Å². The normalized spacial score (nSPS) is 19.1. The summed E-state index contributed by atoms with van der Waals surface area (Å²) in [6, 6.07) is 25.2. The lowest BCUT2D eigenvalue weighted by atomic mass is 9.72. The molecule has 12 nitrogen and oxygen atoms in total. The first-order valence-corrected chi connectivity index (χ1v) is 26.5. The van der Waals surface area contributed by atoms with Crippen LogP contribution in [0.5, 0.6) is 11.5 Å². The molecule has 1 fully saturated rings. The molecule has 3 aromatic carbocycles. The molecule has 0 saturated carbocycles. The molecular weight excluding hydrogens is 885 g/mol. The van der Waals surface area contributed by atoms with Crippen molar-refractivity contribution in [2.75, 3.05) is 20.8 Å². The lowest BCUT2D eigenvalue weighted by Crippen LogP contribution is -2.67. The number of rotatable bonds is 35. The second-order valence-corrected chi connectivity index (χ2v) is 19.3. The summed E-state index contributed by atoms with van der Waals surface area (Å²) in [6.45, 7) is 3.89. The molecule has 0 amide bonds. The number of ether oxygens (including phenoxy) is 4. The van der Waals surface area contributed by atoms with E-state index in [-0.39, 0.29) is 12.8 Å². The quantitative estimate of drug-likeness (QED) is 0.0298. The predicted octanol–water partition coefficient (Wildman–Crippen LogP) is 11.5. The van der Waals surface area contributed by atoms with Crippen molar-refractivity contribution < 1.29 is 38.7 Å². The van der Waals surface area contributed by atoms with E-state index in [4.69, 9.17) is 18.9 Å². The molecule has 12 heteroatoms. The van der Waals surface area contributed by atoms with Gasteiger partial charge in [-0.2, -0.15) is 0 Å². The Morgan fingerprint density at radius 1 is 0.571 bits per heavy atom. The molecule has 5 rings (SSSR count). The number of hydrogen-bond acceptors (Lipinski definition) is 10. The summed E-state index contributed by atoms with van der Waals surface area (Å²) in [5.74, 6) is -0.399. The number of nitrogens with zero attached hydrogens (tertiary/aromatic N) is 1. The molecule has 1 aliphatic rings. The molecule has 70 heavy (non-hydrogen) atoms. The number of carbonyl (C=O) groups excluding carboxylic acids is 2. The maximum atomic E-state index is 15.0. The Kier molecular flexibility index (Phi) is 23.1. The van der Waals surface area contributed by atoms with E-state index < -0.39 is 58.6 Å². The molecule has 4 atom stereocenters. The minimum Gasteiger partial charge on any atom is -0.497 e. The van der Waals surface area contributed by atoms with Crippen molar-refractivity contribution >= 4 is 11.6 Å². The van der Waals surface area contributed by atoms with Crippen molar-refractivity contribution in [2.45, 2.75) is 197 Å². The molecule has 4 aromatic rings. The molecule has 0 spiro atoms. The van der Waals surface area contributed by atoms with E-state index >= 15 is 4.79 Å². The van der Waals surface area contributed by atoms with Gasteiger partial charge in [0.15, 0.2) is 23.4 Å². The van der Waals surface area contributed by atoms with Gasteiger partial charge in [0, 0.05) is 25.1 Å². The maximum Gasteiger partial charge on any atom is 0.330 e. The summed E-state index contributed by atoms with van der Waals surface area (Å²) >= 11 is 0. The third kappa shape index (κ3) is 14.2. The Hall–Kier alpha value is -4.88. The van der Waals surface area contributed by atoms with E-state index in [1.165, 1.54) is 70.6 Å². The fourth-order valence-corrected chi connectivity index (χ4v) is 10.1. The van der Waals surface area contributed by atoms with E-state index in [1.807, 2.05) is 78.9 Å². The van der Waals surface area contributed by atoms with Gasteiger partial charge in [-0.25, -0.2) is 4.79 Å². The largest absolute Gasteiger partial charge is 0.497 e. The summed E-state index contributed by atoms with van der Waals surface area (Å²) in [6.07, 6.45) is 20.1. The first-order chi connectivity index (χ1) is 34.0. The standard InChI is InChI=1S/C58H82N2O10/c1-5-7-9-11-13-15-17-19-21-23-28-32-50(61)57(65)52(44-69-56(45-30-26-25-27-31-45,46-34-38-48(67-3)39-35-46)47-36-40-49(68-4)41-37-47)70-54(60-43-42-53(63)59-55(60)64)58(57,66)51(62)33-29-24-22-20-18-16-14-12-10-8-6-2/h25-27,30-31,34-43,52,54,65-66H,5-24,28-29,32-33,44H2,1-4H3,(H,59,63,64)/t52-,54-,57-,58+/m1/s1. The molecule has 3 N–H and O–H groups in total. The van der Waals surface area contributed by atoms with Crippen LogP contribution in [0.15, 0.2) is 101 Å². The van der Waals surface area contributed by atoms with E-state index in [2.05, 4.69) is 18.8 Å². The molecule has 0 unspecified atom stereocenters. The molecule has 1 saturated heterocycles. The number of unbranched alkanes of at least 4 members (excludes halogenated alkanes) is 20. The topological polar surface area (TPSA) is 166 Å². The molecule has 0 aliphatic carbocycles. The Balaban J connectivity index is 1.50. The van der Waals surface area contributed by atoms with Crippen molar-refractivity contribution in [1.29, 1.82) is 0 Å². The van der Waals surface area contributed by atoms with E-state index in [0.29, 0.717) is 53.9 Å². The summed E-state index contributed by atoms with van der Waals surface area (Å²) in [7, 11) is 3.16.